The maximum atomic E-state index is 12.1. The van der Waals surface area contributed by atoms with Crippen molar-refractivity contribution >= 4 is 29.2 Å². The smallest absolute Gasteiger partial charge is 0.244 e. The lowest BCUT2D eigenvalue weighted by atomic mass is 9.98. The van der Waals surface area contributed by atoms with Crippen molar-refractivity contribution in [1.82, 2.24) is 10.3 Å². The molecule has 5 nitrogen and oxygen atoms in total. The Morgan fingerprint density at radius 1 is 1.25 bits per heavy atom. The van der Waals surface area contributed by atoms with Crippen LogP contribution in [-0.2, 0) is 15.0 Å². The van der Waals surface area contributed by atoms with Crippen LogP contribution in [0.4, 0.5) is 0 Å². The fraction of sp³-hybridized carbons (Fsp3) is 0.278. The van der Waals surface area contributed by atoms with Crippen LogP contribution in [0.1, 0.15) is 42.3 Å². The molecule has 2 amide bonds. The monoisotopic (exact) mass is 343 g/mol. The summed E-state index contributed by atoms with van der Waals surface area (Å²) >= 11 is 1.53. The maximum Gasteiger partial charge on any atom is 0.244 e. The Balaban J connectivity index is 2.06. The lowest BCUT2D eigenvalue weighted by Crippen LogP contribution is -2.36. The van der Waals surface area contributed by atoms with E-state index in [0.717, 1.165) is 9.88 Å². The summed E-state index contributed by atoms with van der Waals surface area (Å²) in [4.78, 5) is 28.9. The van der Waals surface area contributed by atoms with Crippen molar-refractivity contribution < 1.29 is 9.59 Å². The molecule has 1 heterocycles. The largest absolute Gasteiger partial charge is 0.368 e. The SMILES string of the molecule is CC(C)(C)c1ncc(/C=C/C(=O)N[C@@H](C(N)=O)c2ccccc2)s1. The second-order valence-corrected chi connectivity index (χ2v) is 7.47. The molecule has 3 N–H and O–H groups in total. The number of aromatic nitrogens is 1. The standard InChI is InChI=1S/C18H21N3O2S/c1-18(2,3)17-20-11-13(24-17)9-10-14(22)21-15(16(19)23)12-7-5-4-6-8-12/h4-11,15H,1-3H3,(H2,19,23)(H,21,22)/b10-9+/t15-/m1/s1. The summed E-state index contributed by atoms with van der Waals surface area (Å²) < 4.78 is 0. The number of amides is 2. The highest BCUT2D eigenvalue weighted by molar-refractivity contribution is 7.12. The minimum Gasteiger partial charge on any atom is -0.368 e. The summed E-state index contributed by atoms with van der Waals surface area (Å²) in [6, 6.07) is 8.06. The molecule has 0 aliphatic heterocycles. The summed E-state index contributed by atoms with van der Waals surface area (Å²) in [7, 11) is 0. The fourth-order valence-electron chi connectivity index (χ4n) is 2.02. The van der Waals surface area contributed by atoms with Gasteiger partial charge in [-0.3, -0.25) is 9.59 Å². The Hall–Kier alpha value is -2.47. The van der Waals surface area contributed by atoms with Gasteiger partial charge in [-0.25, -0.2) is 4.98 Å². The number of thiazole rings is 1. The van der Waals surface area contributed by atoms with Crippen molar-refractivity contribution in [3.8, 4) is 0 Å². The minimum atomic E-state index is -0.852. The van der Waals surface area contributed by atoms with E-state index in [1.807, 2.05) is 6.07 Å². The maximum absolute atomic E-state index is 12.1. The summed E-state index contributed by atoms with van der Waals surface area (Å²) in [5, 5.41) is 3.63. The lowest BCUT2D eigenvalue weighted by Gasteiger charge is -2.14. The van der Waals surface area contributed by atoms with E-state index in [1.165, 1.54) is 17.4 Å². The van der Waals surface area contributed by atoms with Gasteiger partial charge < -0.3 is 11.1 Å². The molecule has 2 aromatic rings. The van der Waals surface area contributed by atoms with Crippen LogP contribution in [0, 0.1) is 0 Å². The predicted octanol–water partition coefficient (Wildman–Crippen LogP) is 2.80. The Kier molecular flexibility index (Phi) is 5.51. The first-order valence-electron chi connectivity index (χ1n) is 7.56. The first-order chi connectivity index (χ1) is 11.3. The molecule has 0 bridgehead atoms. The van der Waals surface area contributed by atoms with E-state index < -0.39 is 11.9 Å². The van der Waals surface area contributed by atoms with E-state index in [0.29, 0.717) is 5.56 Å². The predicted molar refractivity (Wildman–Crippen MR) is 96.4 cm³/mol. The van der Waals surface area contributed by atoms with Gasteiger partial charge in [0.25, 0.3) is 0 Å². The van der Waals surface area contributed by atoms with E-state index >= 15 is 0 Å². The van der Waals surface area contributed by atoms with E-state index in [-0.39, 0.29) is 11.3 Å². The summed E-state index contributed by atoms with van der Waals surface area (Å²) in [6.07, 6.45) is 4.81. The summed E-state index contributed by atoms with van der Waals surface area (Å²) in [6.45, 7) is 6.26. The van der Waals surface area contributed by atoms with Crippen LogP contribution in [0.15, 0.2) is 42.6 Å². The van der Waals surface area contributed by atoms with Gasteiger partial charge in [-0.15, -0.1) is 11.3 Å². The molecule has 0 aliphatic carbocycles. The average Bonchev–Trinajstić information content (AvgIpc) is 3.00. The van der Waals surface area contributed by atoms with Gasteiger partial charge in [-0.05, 0) is 11.6 Å². The molecular formula is C18H21N3O2S. The Labute approximate surface area is 145 Å². The molecule has 0 saturated heterocycles. The summed E-state index contributed by atoms with van der Waals surface area (Å²) in [5.41, 5.74) is 6.02. The molecule has 2 rings (SSSR count). The van der Waals surface area contributed by atoms with Gasteiger partial charge in [0.05, 0.1) is 5.01 Å². The van der Waals surface area contributed by atoms with Crippen molar-refractivity contribution in [1.29, 1.82) is 0 Å². The average molecular weight is 343 g/mol. The zero-order valence-electron chi connectivity index (χ0n) is 13.9. The van der Waals surface area contributed by atoms with E-state index in [9.17, 15) is 9.59 Å². The van der Waals surface area contributed by atoms with E-state index in [2.05, 4.69) is 31.1 Å². The third-order valence-corrected chi connectivity index (χ3v) is 4.66. The number of nitrogens with two attached hydrogens (primary N) is 1. The van der Waals surface area contributed by atoms with Gasteiger partial charge in [-0.2, -0.15) is 0 Å². The van der Waals surface area contributed by atoms with Crippen LogP contribution in [0.5, 0.6) is 0 Å². The van der Waals surface area contributed by atoms with Crippen molar-refractivity contribution in [3.63, 3.8) is 0 Å². The second kappa shape index (κ2) is 7.40. The number of nitrogens with one attached hydrogen (secondary N) is 1. The van der Waals surface area contributed by atoms with Gasteiger partial charge in [0, 0.05) is 22.6 Å². The third kappa shape index (κ3) is 4.76. The van der Waals surface area contributed by atoms with Gasteiger partial charge in [-0.1, -0.05) is 51.1 Å². The highest BCUT2D eigenvalue weighted by atomic mass is 32.1. The van der Waals surface area contributed by atoms with Crippen molar-refractivity contribution in [2.75, 3.05) is 0 Å². The highest BCUT2D eigenvalue weighted by Crippen LogP contribution is 2.27. The zero-order chi connectivity index (χ0) is 17.7. The third-order valence-electron chi connectivity index (χ3n) is 3.27. The first kappa shape index (κ1) is 17.9. The molecular weight excluding hydrogens is 322 g/mol. The van der Waals surface area contributed by atoms with Gasteiger partial charge in [0.1, 0.15) is 6.04 Å². The molecule has 1 atom stereocenters. The molecule has 0 unspecified atom stereocenters. The topological polar surface area (TPSA) is 85.1 Å². The molecule has 0 radical (unpaired) electrons. The number of hydrogen-bond acceptors (Lipinski definition) is 4. The van der Waals surface area contributed by atoms with Crippen molar-refractivity contribution in [2.24, 2.45) is 5.73 Å². The number of carbonyl (C=O) groups is 2. The van der Waals surface area contributed by atoms with Gasteiger partial charge in [0.15, 0.2) is 0 Å². The van der Waals surface area contributed by atoms with Gasteiger partial charge in [0.2, 0.25) is 11.8 Å². The highest BCUT2D eigenvalue weighted by Gasteiger charge is 2.19. The normalized spacial score (nSPS) is 13.0. The van der Waals surface area contributed by atoms with Crippen LogP contribution >= 0.6 is 11.3 Å². The number of benzene rings is 1. The Morgan fingerprint density at radius 3 is 2.46 bits per heavy atom. The number of primary amides is 1. The van der Waals surface area contributed by atoms with Crippen LogP contribution in [0.3, 0.4) is 0 Å². The Morgan fingerprint density at radius 2 is 1.92 bits per heavy atom. The van der Waals surface area contributed by atoms with Gasteiger partial charge >= 0.3 is 0 Å². The fourth-order valence-corrected chi connectivity index (χ4v) is 2.90. The zero-order valence-corrected chi connectivity index (χ0v) is 14.8. The van der Waals surface area contributed by atoms with E-state index in [4.69, 9.17) is 5.73 Å². The number of nitrogens with zero attached hydrogens (tertiary/aromatic N) is 1. The van der Waals surface area contributed by atoms with Crippen molar-refractivity contribution in [2.45, 2.75) is 32.2 Å². The van der Waals surface area contributed by atoms with Crippen LogP contribution in [-0.4, -0.2) is 16.8 Å². The Bertz CT molecular complexity index is 745. The van der Waals surface area contributed by atoms with Crippen LogP contribution in [0.2, 0.25) is 0 Å². The molecule has 0 saturated carbocycles. The quantitative estimate of drug-likeness (QED) is 0.819. The lowest BCUT2D eigenvalue weighted by molar-refractivity contribution is -0.125. The minimum absolute atomic E-state index is 0.0244. The second-order valence-electron chi connectivity index (χ2n) is 6.41. The molecule has 1 aromatic carbocycles. The molecule has 1 aromatic heterocycles. The molecule has 0 fully saturated rings. The van der Waals surface area contributed by atoms with Crippen LogP contribution in [0.25, 0.3) is 6.08 Å². The van der Waals surface area contributed by atoms with Crippen LogP contribution < -0.4 is 11.1 Å². The van der Waals surface area contributed by atoms with Crippen molar-refractivity contribution in [3.05, 3.63) is 58.1 Å². The molecule has 0 spiro atoms. The number of carbonyl (C=O) groups excluding carboxylic acids is 2. The molecule has 6 heteroatoms. The number of hydrogen-bond donors (Lipinski definition) is 2. The number of rotatable bonds is 5. The molecule has 24 heavy (non-hydrogen) atoms. The summed E-state index contributed by atoms with van der Waals surface area (Å²) in [5.74, 6) is -0.982. The van der Waals surface area contributed by atoms with E-state index in [1.54, 1.807) is 36.5 Å². The molecule has 0 aliphatic rings. The molecule has 126 valence electrons. The first-order valence-corrected chi connectivity index (χ1v) is 8.38.